The number of anilines is 1. The van der Waals surface area contributed by atoms with E-state index < -0.39 is 12.0 Å². The number of methoxy groups -OCH3 is 1. The fourth-order valence-electron chi connectivity index (χ4n) is 1.35. The summed E-state index contributed by atoms with van der Waals surface area (Å²) in [6, 6.07) is 6.98. The van der Waals surface area contributed by atoms with E-state index in [-0.39, 0.29) is 5.91 Å². The lowest BCUT2D eigenvalue weighted by Crippen LogP contribution is -2.29. The molecule has 0 spiro atoms. The maximum Gasteiger partial charge on any atom is 0.230 e. The van der Waals surface area contributed by atoms with Gasteiger partial charge in [-0.15, -0.1) is 5.92 Å². The molecule has 1 amide bonds. The molecule has 2 N–H and O–H groups in total. The molecule has 0 heterocycles. The van der Waals surface area contributed by atoms with E-state index in [1.807, 2.05) is 0 Å². The van der Waals surface area contributed by atoms with Gasteiger partial charge in [-0.25, -0.2) is 0 Å². The molecule has 1 aromatic carbocycles. The third-order valence-corrected chi connectivity index (χ3v) is 2.54. The quantitative estimate of drug-likeness (QED) is 0.795. The predicted octanol–water partition coefficient (Wildman–Crippen LogP) is 1.65. The number of aliphatic hydroxyl groups excluding tert-OH is 1. The Morgan fingerprint density at radius 3 is 2.50 bits per heavy atom. The van der Waals surface area contributed by atoms with Crippen LogP contribution in [0.2, 0.25) is 0 Å². The van der Waals surface area contributed by atoms with Crippen LogP contribution in [0.4, 0.5) is 5.69 Å². The first-order valence-electron chi connectivity index (χ1n) is 5.63. The highest BCUT2D eigenvalue weighted by Crippen LogP contribution is 2.16. The van der Waals surface area contributed by atoms with E-state index >= 15 is 0 Å². The van der Waals surface area contributed by atoms with Gasteiger partial charge in [-0.3, -0.25) is 4.79 Å². The standard InChI is InChI=1S/C14H17NO3/c1-4-5-13(16)10(2)14(17)15-11-6-8-12(18-3)9-7-11/h6-10,13,16H,1-3H3,(H,15,17)/t10-,13+/m1/s1. The first-order chi connectivity index (χ1) is 8.58. The Balaban J connectivity index is 2.65. The summed E-state index contributed by atoms with van der Waals surface area (Å²) >= 11 is 0. The Hall–Kier alpha value is -1.99. The Morgan fingerprint density at radius 2 is 2.00 bits per heavy atom. The normalized spacial score (nSPS) is 12.9. The molecule has 0 aromatic heterocycles. The first-order valence-corrected chi connectivity index (χ1v) is 5.63. The fourth-order valence-corrected chi connectivity index (χ4v) is 1.35. The molecule has 96 valence electrons. The van der Waals surface area contributed by atoms with Crippen molar-refractivity contribution in [2.45, 2.75) is 20.0 Å². The zero-order valence-electron chi connectivity index (χ0n) is 10.7. The molecule has 4 nitrogen and oxygen atoms in total. The number of nitrogens with one attached hydrogen (secondary N) is 1. The Kier molecular flexibility index (Phi) is 5.22. The number of hydrogen-bond acceptors (Lipinski definition) is 3. The average Bonchev–Trinajstić information content (AvgIpc) is 2.39. The molecule has 0 aliphatic rings. The minimum atomic E-state index is -0.951. The van der Waals surface area contributed by atoms with Crippen molar-refractivity contribution in [1.82, 2.24) is 0 Å². The van der Waals surface area contributed by atoms with Gasteiger partial charge in [0, 0.05) is 5.69 Å². The largest absolute Gasteiger partial charge is 0.497 e. The summed E-state index contributed by atoms with van der Waals surface area (Å²) in [6.45, 7) is 3.26. The summed E-state index contributed by atoms with van der Waals surface area (Å²) in [4.78, 5) is 11.8. The molecule has 0 saturated carbocycles. The minimum absolute atomic E-state index is 0.268. The molecule has 0 unspecified atom stereocenters. The van der Waals surface area contributed by atoms with Crippen molar-refractivity contribution < 1.29 is 14.6 Å². The molecule has 0 saturated heterocycles. The lowest BCUT2D eigenvalue weighted by molar-refractivity contribution is -0.121. The summed E-state index contributed by atoms with van der Waals surface area (Å²) in [7, 11) is 1.58. The number of carbonyl (C=O) groups is 1. The van der Waals surface area contributed by atoms with Gasteiger partial charge in [0.15, 0.2) is 0 Å². The molecule has 0 fully saturated rings. The van der Waals surface area contributed by atoms with Gasteiger partial charge in [-0.2, -0.15) is 0 Å². The van der Waals surface area contributed by atoms with Crippen LogP contribution in [0.5, 0.6) is 5.75 Å². The summed E-state index contributed by atoms with van der Waals surface area (Å²) in [5, 5.41) is 12.3. The molecular formula is C14H17NO3. The van der Waals surface area contributed by atoms with Gasteiger partial charge >= 0.3 is 0 Å². The number of aliphatic hydroxyl groups is 1. The highest BCUT2D eigenvalue weighted by molar-refractivity contribution is 5.93. The zero-order valence-corrected chi connectivity index (χ0v) is 10.7. The number of carbonyl (C=O) groups excluding carboxylic acids is 1. The van der Waals surface area contributed by atoms with Crippen molar-refractivity contribution >= 4 is 11.6 Å². The van der Waals surface area contributed by atoms with Crippen LogP contribution in [0.15, 0.2) is 24.3 Å². The van der Waals surface area contributed by atoms with E-state index in [4.69, 9.17) is 4.74 Å². The van der Waals surface area contributed by atoms with Crippen LogP contribution in [0.3, 0.4) is 0 Å². The molecule has 0 aliphatic heterocycles. The Bertz CT molecular complexity index is 456. The van der Waals surface area contributed by atoms with Crippen LogP contribution in [-0.4, -0.2) is 24.2 Å². The van der Waals surface area contributed by atoms with Gasteiger partial charge in [0.2, 0.25) is 5.91 Å². The second-order valence-electron chi connectivity index (χ2n) is 3.85. The molecule has 4 heteroatoms. The molecule has 2 atom stereocenters. The van der Waals surface area contributed by atoms with E-state index in [9.17, 15) is 9.90 Å². The second kappa shape index (κ2) is 6.67. The second-order valence-corrected chi connectivity index (χ2v) is 3.85. The SMILES string of the molecule is CC#C[C@H](O)[C@@H](C)C(=O)Nc1ccc(OC)cc1. The number of rotatable bonds is 4. The van der Waals surface area contributed by atoms with Gasteiger partial charge in [-0.05, 0) is 31.2 Å². The summed E-state index contributed by atoms with van der Waals surface area (Å²) in [6.07, 6.45) is -0.951. The van der Waals surface area contributed by atoms with Crippen molar-refractivity contribution in [3.63, 3.8) is 0 Å². The summed E-state index contributed by atoms with van der Waals surface area (Å²) in [5.41, 5.74) is 0.657. The van der Waals surface area contributed by atoms with E-state index in [0.29, 0.717) is 5.69 Å². The van der Waals surface area contributed by atoms with Crippen molar-refractivity contribution in [3.8, 4) is 17.6 Å². The predicted molar refractivity (Wildman–Crippen MR) is 70.2 cm³/mol. The van der Waals surface area contributed by atoms with Crippen molar-refractivity contribution in [1.29, 1.82) is 0 Å². The molecular weight excluding hydrogens is 230 g/mol. The molecule has 0 aliphatic carbocycles. The zero-order chi connectivity index (χ0) is 13.5. The van der Waals surface area contributed by atoms with Crippen molar-refractivity contribution in [2.75, 3.05) is 12.4 Å². The van der Waals surface area contributed by atoms with E-state index in [2.05, 4.69) is 17.2 Å². The molecule has 1 aromatic rings. The van der Waals surface area contributed by atoms with Crippen molar-refractivity contribution in [3.05, 3.63) is 24.3 Å². The van der Waals surface area contributed by atoms with Gasteiger partial charge in [-0.1, -0.05) is 12.8 Å². The van der Waals surface area contributed by atoms with Crippen molar-refractivity contribution in [2.24, 2.45) is 5.92 Å². The van der Waals surface area contributed by atoms with Gasteiger partial charge in [0.1, 0.15) is 11.9 Å². The van der Waals surface area contributed by atoms with Gasteiger partial charge < -0.3 is 15.2 Å². The summed E-state index contributed by atoms with van der Waals surface area (Å²) in [5.74, 6) is 5.01. The maximum absolute atomic E-state index is 11.8. The number of amides is 1. The maximum atomic E-state index is 11.8. The number of hydrogen-bond donors (Lipinski definition) is 2. The van der Waals surface area contributed by atoms with Crippen LogP contribution in [0, 0.1) is 17.8 Å². The third kappa shape index (κ3) is 3.79. The number of ether oxygens (including phenoxy) is 1. The topological polar surface area (TPSA) is 58.6 Å². The van der Waals surface area contributed by atoms with Crippen LogP contribution in [0.25, 0.3) is 0 Å². The lowest BCUT2D eigenvalue weighted by Gasteiger charge is -2.14. The minimum Gasteiger partial charge on any atom is -0.497 e. The molecule has 0 radical (unpaired) electrons. The van der Waals surface area contributed by atoms with Crippen LogP contribution in [0.1, 0.15) is 13.8 Å². The summed E-state index contributed by atoms with van der Waals surface area (Å²) < 4.78 is 5.02. The first kappa shape index (κ1) is 14.1. The fraction of sp³-hybridized carbons (Fsp3) is 0.357. The lowest BCUT2D eigenvalue weighted by atomic mass is 10.0. The molecule has 18 heavy (non-hydrogen) atoms. The monoisotopic (exact) mass is 247 g/mol. The average molecular weight is 247 g/mol. The van der Waals surface area contributed by atoms with Crippen LogP contribution >= 0.6 is 0 Å². The van der Waals surface area contributed by atoms with Crippen LogP contribution in [-0.2, 0) is 4.79 Å². The van der Waals surface area contributed by atoms with E-state index in [1.165, 1.54) is 0 Å². The highest BCUT2D eigenvalue weighted by Gasteiger charge is 2.20. The third-order valence-electron chi connectivity index (χ3n) is 2.54. The Morgan fingerprint density at radius 1 is 1.39 bits per heavy atom. The molecule has 1 rings (SSSR count). The molecule has 0 bridgehead atoms. The Labute approximate surface area is 107 Å². The number of benzene rings is 1. The van der Waals surface area contributed by atoms with Gasteiger partial charge in [0.25, 0.3) is 0 Å². The van der Waals surface area contributed by atoms with E-state index in [0.717, 1.165) is 5.75 Å². The van der Waals surface area contributed by atoms with Crippen LogP contribution < -0.4 is 10.1 Å². The van der Waals surface area contributed by atoms with Gasteiger partial charge in [0.05, 0.1) is 13.0 Å². The highest BCUT2D eigenvalue weighted by atomic mass is 16.5. The van der Waals surface area contributed by atoms with E-state index in [1.54, 1.807) is 45.2 Å². The smallest absolute Gasteiger partial charge is 0.230 e.